The maximum Gasteiger partial charge on any atom is 0.416 e. The second-order valence-corrected chi connectivity index (χ2v) is 6.91. The van der Waals surface area contributed by atoms with Gasteiger partial charge >= 0.3 is 12.1 Å². The Kier molecular flexibility index (Phi) is 5.54. The third-order valence-corrected chi connectivity index (χ3v) is 4.89. The summed E-state index contributed by atoms with van der Waals surface area (Å²) in [6, 6.07) is 5.72. The fraction of sp³-hybridized carbons (Fsp3) is 0.188. The van der Waals surface area contributed by atoms with Gasteiger partial charge in [-0.2, -0.15) is 13.2 Å². The molecule has 0 amide bonds. The molecule has 0 unspecified atom stereocenters. The van der Waals surface area contributed by atoms with Crippen LogP contribution in [0.1, 0.15) is 15.9 Å². The lowest BCUT2D eigenvalue weighted by atomic mass is 10.2. The van der Waals surface area contributed by atoms with Crippen LogP contribution in [0.15, 0.2) is 41.3 Å². The Hall–Kier alpha value is -2.95. The maximum absolute atomic E-state index is 12.9. The summed E-state index contributed by atoms with van der Waals surface area (Å²) in [5.74, 6) is -0.923. The first kappa shape index (κ1) is 20.4. The Labute approximate surface area is 152 Å². The van der Waals surface area contributed by atoms with E-state index in [1.165, 1.54) is 19.2 Å². The minimum absolute atomic E-state index is 0.0873. The highest BCUT2D eigenvalue weighted by Gasteiger charge is 2.31. The average molecular weight is 404 g/mol. The fourth-order valence-electron chi connectivity index (χ4n) is 2.15. The molecule has 2 rings (SSSR count). The fourth-order valence-corrected chi connectivity index (χ4v) is 3.43. The number of nitrogen functional groups attached to an aromatic ring is 1. The molecular formula is C16H15F3N2O5S. The van der Waals surface area contributed by atoms with E-state index in [0.29, 0.717) is 6.07 Å². The largest absolute Gasteiger partial charge is 0.495 e. The summed E-state index contributed by atoms with van der Waals surface area (Å²) < 4.78 is 75.4. The zero-order valence-electron chi connectivity index (χ0n) is 14.1. The first-order valence-electron chi connectivity index (χ1n) is 7.25. The van der Waals surface area contributed by atoms with Crippen molar-refractivity contribution in [2.24, 2.45) is 0 Å². The van der Waals surface area contributed by atoms with Gasteiger partial charge in [0.15, 0.2) is 0 Å². The number of hydrogen-bond acceptors (Lipinski definition) is 6. The van der Waals surface area contributed by atoms with Crippen molar-refractivity contribution in [2.45, 2.75) is 11.1 Å². The minimum atomic E-state index is -4.68. The lowest BCUT2D eigenvalue weighted by Gasteiger charge is -2.15. The van der Waals surface area contributed by atoms with Gasteiger partial charge < -0.3 is 15.2 Å². The van der Waals surface area contributed by atoms with Crippen molar-refractivity contribution >= 4 is 27.4 Å². The molecule has 2 aromatic rings. The van der Waals surface area contributed by atoms with Crippen molar-refractivity contribution in [2.75, 3.05) is 24.7 Å². The number of ether oxygens (including phenoxy) is 2. The number of carbonyl (C=O) groups is 1. The average Bonchev–Trinajstić information content (AvgIpc) is 2.61. The first-order chi connectivity index (χ1) is 12.5. The second-order valence-electron chi connectivity index (χ2n) is 5.26. The lowest BCUT2D eigenvalue weighted by molar-refractivity contribution is -0.137. The van der Waals surface area contributed by atoms with Gasteiger partial charge in [0.05, 0.1) is 36.7 Å². The Morgan fingerprint density at radius 2 is 1.78 bits per heavy atom. The quantitative estimate of drug-likeness (QED) is 0.586. The van der Waals surface area contributed by atoms with Crippen molar-refractivity contribution in [3.05, 3.63) is 47.5 Å². The molecule has 11 heteroatoms. The third kappa shape index (κ3) is 4.42. The highest BCUT2D eigenvalue weighted by molar-refractivity contribution is 7.92. The van der Waals surface area contributed by atoms with Crippen molar-refractivity contribution in [3.8, 4) is 5.75 Å². The molecule has 0 bridgehead atoms. The molecule has 0 fully saturated rings. The van der Waals surface area contributed by atoms with Crippen LogP contribution in [0.25, 0.3) is 0 Å². The Morgan fingerprint density at radius 1 is 1.11 bits per heavy atom. The molecule has 0 aliphatic carbocycles. The Bertz CT molecular complexity index is 975. The molecule has 0 saturated heterocycles. The predicted octanol–water partition coefficient (Wildman–Crippen LogP) is 2.88. The van der Waals surface area contributed by atoms with Crippen LogP contribution >= 0.6 is 0 Å². The van der Waals surface area contributed by atoms with Gasteiger partial charge in [0.1, 0.15) is 10.6 Å². The minimum Gasteiger partial charge on any atom is -0.495 e. The molecule has 146 valence electrons. The van der Waals surface area contributed by atoms with E-state index in [1.54, 1.807) is 0 Å². The number of nitrogens with one attached hydrogen (secondary N) is 1. The third-order valence-electron chi connectivity index (χ3n) is 3.50. The van der Waals surface area contributed by atoms with Crippen LogP contribution in [0.5, 0.6) is 5.75 Å². The molecule has 7 nitrogen and oxygen atoms in total. The number of halogens is 3. The van der Waals surface area contributed by atoms with Gasteiger partial charge in [-0.15, -0.1) is 0 Å². The molecule has 0 aromatic heterocycles. The maximum atomic E-state index is 12.9. The number of hydrogen-bond donors (Lipinski definition) is 2. The van der Waals surface area contributed by atoms with Gasteiger partial charge in [-0.3, -0.25) is 4.72 Å². The van der Waals surface area contributed by atoms with E-state index in [0.717, 1.165) is 25.3 Å². The molecule has 0 spiro atoms. The summed E-state index contributed by atoms with van der Waals surface area (Å²) in [6.45, 7) is 0. The lowest BCUT2D eigenvalue weighted by Crippen LogP contribution is -2.17. The van der Waals surface area contributed by atoms with Crippen LogP contribution < -0.4 is 15.2 Å². The van der Waals surface area contributed by atoms with E-state index in [2.05, 4.69) is 4.74 Å². The molecular weight excluding hydrogens is 389 g/mol. The molecule has 3 N–H and O–H groups in total. The smallest absolute Gasteiger partial charge is 0.416 e. The molecule has 0 saturated carbocycles. The standard InChI is InChI=1S/C16H15F3N2O5S/c1-25-13-6-3-9(15(22)26-2)7-14(13)27(23,24)21-12-8-10(16(17,18)19)4-5-11(12)20/h3-8,21H,20H2,1-2H3. The Morgan fingerprint density at radius 3 is 2.33 bits per heavy atom. The topological polar surface area (TPSA) is 108 Å². The van der Waals surface area contributed by atoms with Gasteiger partial charge in [0.2, 0.25) is 0 Å². The zero-order valence-corrected chi connectivity index (χ0v) is 14.9. The van der Waals surface area contributed by atoms with E-state index < -0.39 is 38.3 Å². The number of sulfonamides is 1. The molecule has 0 heterocycles. The van der Waals surface area contributed by atoms with Crippen LogP contribution in [-0.4, -0.2) is 28.6 Å². The van der Waals surface area contributed by atoms with Crippen molar-refractivity contribution < 1.29 is 35.9 Å². The van der Waals surface area contributed by atoms with Crippen molar-refractivity contribution in [1.29, 1.82) is 0 Å². The van der Waals surface area contributed by atoms with Crippen LogP contribution in [0.3, 0.4) is 0 Å². The summed E-state index contributed by atoms with van der Waals surface area (Å²) in [7, 11) is -2.12. The van der Waals surface area contributed by atoms with Crippen LogP contribution in [0.2, 0.25) is 0 Å². The number of benzene rings is 2. The molecule has 0 atom stereocenters. The number of anilines is 2. The SMILES string of the molecule is COC(=O)c1ccc(OC)c(S(=O)(=O)Nc2cc(C(F)(F)F)ccc2N)c1. The number of methoxy groups -OCH3 is 2. The van der Waals surface area contributed by atoms with E-state index >= 15 is 0 Å². The van der Waals surface area contributed by atoms with E-state index in [4.69, 9.17) is 10.5 Å². The van der Waals surface area contributed by atoms with Crippen LogP contribution in [-0.2, 0) is 20.9 Å². The number of esters is 1. The highest BCUT2D eigenvalue weighted by atomic mass is 32.2. The van der Waals surface area contributed by atoms with Gasteiger partial charge in [0.25, 0.3) is 10.0 Å². The van der Waals surface area contributed by atoms with Crippen molar-refractivity contribution in [1.82, 2.24) is 0 Å². The van der Waals surface area contributed by atoms with E-state index in [-0.39, 0.29) is 17.0 Å². The van der Waals surface area contributed by atoms with E-state index in [9.17, 15) is 26.4 Å². The molecule has 27 heavy (non-hydrogen) atoms. The number of carbonyl (C=O) groups excluding carboxylic acids is 1. The zero-order chi connectivity index (χ0) is 20.4. The summed E-state index contributed by atoms with van der Waals surface area (Å²) >= 11 is 0. The van der Waals surface area contributed by atoms with Gasteiger partial charge in [-0.25, -0.2) is 13.2 Å². The predicted molar refractivity (Wildman–Crippen MR) is 91.0 cm³/mol. The van der Waals surface area contributed by atoms with Gasteiger partial charge in [-0.1, -0.05) is 0 Å². The van der Waals surface area contributed by atoms with Gasteiger partial charge in [-0.05, 0) is 36.4 Å². The molecule has 0 radical (unpaired) electrons. The highest BCUT2D eigenvalue weighted by Crippen LogP contribution is 2.34. The van der Waals surface area contributed by atoms with E-state index in [1.807, 2.05) is 4.72 Å². The summed E-state index contributed by atoms with van der Waals surface area (Å²) in [5, 5.41) is 0. The van der Waals surface area contributed by atoms with Crippen LogP contribution in [0.4, 0.5) is 24.5 Å². The van der Waals surface area contributed by atoms with Gasteiger partial charge in [0, 0.05) is 0 Å². The number of alkyl halides is 3. The Balaban J connectivity index is 2.53. The second kappa shape index (κ2) is 7.35. The molecule has 2 aromatic carbocycles. The normalized spacial score (nSPS) is 11.7. The van der Waals surface area contributed by atoms with Crippen LogP contribution in [0, 0.1) is 0 Å². The monoisotopic (exact) mass is 404 g/mol. The van der Waals surface area contributed by atoms with Crippen molar-refractivity contribution in [3.63, 3.8) is 0 Å². The summed E-state index contributed by atoms with van der Waals surface area (Å²) in [5.41, 5.74) is 3.75. The first-order valence-corrected chi connectivity index (χ1v) is 8.74. The molecule has 0 aliphatic heterocycles. The summed E-state index contributed by atoms with van der Waals surface area (Å²) in [4.78, 5) is 11.2. The number of rotatable bonds is 5. The number of nitrogens with two attached hydrogens (primary N) is 1. The summed E-state index contributed by atoms with van der Waals surface area (Å²) in [6.07, 6.45) is -4.68. The molecule has 0 aliphatic rings.